The van der Waals surface area contributed by atoms with Gasteiger partial charge in [0, 0.05) is 5.33 Å². The van der Waals surface area contributed by atoms with Gasteiger partial charge in [-0.15, -0.1) is 0 Å². The van der Waals surface area contributed by atoms with Crippen LogP contribution >= 0.6 is 15.9 Å². The number of benzene rings is 2. The minimum absolute atomic E-state index is 0.320. The fourth-order valence-corrected chi connectivity index (χ4v) is 3.22. The molecule has 3 rings (SSSR count). The Labute approximate surface area is 147 Å². The molecule has 0 spiro atoms. The first kappa shape index (κ1) is 16.8. The van der Waals surface area contributed by atoms with Crippen molar-refractivity contribution < 1.29 is 9.31 Å². The van der Waals surface area contributed by atoms with Gasteiger partial charge in [-0.3, -0.25) is 0 Å². The summed E-state index contributed by atoms with van der Waals surface area (Å²) in [5, 5.41) is 0.771. The molecule has 0 unspecified atom stereocenters. The first-order valence-electron chi connectivity index (χ1n) is 7.94. The normalized spacial score (nSPS) is 19.1. The van der Waals surface area contributed by atoms with Crippen molar-refractivity contribution in [2.45, 2.75) is 44.2 Å². The summed E-state index contributed by atoms with van der Waals surface area (Å²) in [7, 11) is -0.322. The monoisotopic (exact) mass is 372 g/mol. The third-order valence-corrected chi connectivity index (χ3v) is 5.51. The highest BCUT2D eigenvalue weighted by atomic mass is 79.9. The maximum atomic E-state index is 6.20. The van der Waals surface area contributed by atoms with Crippen LogP contribution in [0.25, 0.3) is 11.1 Å². The minimum Gasteiger partial charge on any atom is -0.399 e. The van der Waals surface area contributed by atoms with E-state index in [2.05, 4.69) is 86.1 Å². The van der Waals surface area contributed by atoms with E-state index in [1.165, 1.54) is 16.7 Å². The Morgan fingerprint density at radius 2 is 1.48 bits per heavy atom. The van der Waals surface area contributed by atoms with E-state index in [0.29, 0.717) is 0 Å². The Kier molecular flexibility index (Phi) is 4.43. The molecular formula is C19H22BBrO2. The van der Waals surface area contributed by atoms with Crippen LogP contribution in [0.15, 0.2) is 48.5 Å². The van der Waals surface area contributed by atoms with Gasteiger partial charge in [-0.2, -0.15) is 0 Å². The average Bonchev–Trinajstić information content (AvgIpc) is 2.75. The van der Waals surface area contributed by atoms with Crippen molar-refractivity contribution in [1.29, 1.82) is 0 Å². The minimum atomic E-state index is -0.322. The molecule has 0 saturated carbocycles. The number of alkyl halides is 1. The highest BCUT2D eigenvalue weighted by molar-refractivity contribution is 9.08. The van der Waals surface area contributed by atoms with Crippen LogP contribution in [-0.2, 0) is 14.6 Å². The number of halogens is 1. The third kappa shape index (κ3) is 3.12. The first-order chi connectivity index (χ1) is 10.8. The maximum absolute atomic E-state index is 6.20. The Bertz CT molecular complexity index is 682. The quantitative estimate of drug-likeness (QED) is 0.581. The first-order valence-corrected chi connectivity index (χ1v) is 9.06. The van der Waals surface area contributed by atoms with Crippen LogP contribution in [0.4, 0.5) is 0 Å². The molecule has 1 saturated heterocycles. The fourth-order valence-electron chi connectivity index (χ4n) is 2.73. The predicted molar refractivity (Wildman–Crippen MR) is 100 cm³/mol. The molecule has 1 aliphatic heterocycles. The molecule has 2 aromatic rings. The SMILES string of the molecule is CC1(C)OB(c2ccc(-c3ccccc3)cc2CBr)OC1(C)C. The van der Waals surface area contributed by atoms with E-state index >= 15 is 0 Å². The summed E-state index contributed by atoms with van der Waals surface area (Å²) in [6.07, 6.45) is 0. The van der Waals surface area contributed by atoms with E-state index in [0.717, 1.165) is 10.8 Å². The Hall–Kier alpha value is -1.10. The third-order valence-electron chi connectivity index (χ3n) is 4.90. The molecule has 0 N–H and O–H groups in total. The van der Waals surface area contributed by atoms with Gasteiger partial charge in [0.15, 0.2) is 0 Å². The molecule has 1 aliphatic rings. The van der Waals surface area contributed by atoms with Crippen LogP contribution in [0.2, 0.25) is 0 Å². The zero-order valence-electron chi connectivity index (χ0n) is 14.1. The van der Waals surface area contributed by atoms with Crippen molar-refractivity contribution in [2.75, 3.05) is 0 Å². The second-order valence-electron chi connectivity index (χ2n) is 7.00. The maximum Gasteiger partial charge on any atom is 0.495 e. The summed E-state index contributed by atoms with van der Waals surface area (Å²) in [6.45, 7) is 8.33. The molecular weight excluding hydrogens is 351 g/mol. The van der Waals surface area contributed by atoms with Gasteiger partial charge in [0.2, 0.25) is 0 Å². The Morgan fingerprint density at radius 1 is 0.870 bits per heavy atom. The molecule has 1 fully saturated rings. The second-order valence-corrected chi connectivity index (χ2v) is 7.56. The van der Waals surface area contributed by atoms with Crippen molar-refractivity contribution in [3.63, 3.8) is 0 Å². The van der Waals surface area contributed by atoms with E-state index in [9.17, 15) is 0 Å². The molecule has 0 amide bonds. The van der Waals surface area contributed by atoms with Crippen LogP contribution in [-0.4, -0.2) is 18.3 Å². The number of hydrogen-bond acceptors (Lipinski definition) is 2. The van der Waals surface area contributed by atoms with Gasteiger partial charge in [0.1, 0.15) is 0 Å². The predicted octanol–water partition coefficient (Wildman–Crippen LogP) is 4.55. The summed E-state index contributed by atoms with van der Waals surface area (Å²) in [6, 6.07) is 16.9. The largest absolute Gasteiger partial charge is 0.495 e. The fraction of sp³-hybridized carbons (Fsp3) is 0.368. The van der Waals surface area contributed by atoms with Crippen molar-refractivity contribution in [1.82, 2.24) is 0 Å². The van der Waals surface area contributed by atoms with Crippen LogP contribution in [0.5, 0.6) is 0 Å². The average molecular weight is 373 g/mol. The van der Waals surface area contributed by atoms with Gasteiger partial charge in [-0.1, -0.05) is 64.5 Å². The summed E-state index contributed by atoms with van der Waals surface area (Å²) in [5.41, 5.74) is 4.08. The van der Waals surface area contributed by atoms with Gasteiger partial charge in [0.05, 0.1) is 11.2 Å². The molecule has 2 aromatic carbocycles. The molecule has 120 valence electrons. The summed E-state index contributed by atoms with van der Waals surface area (Å²) >= 11 is 3.61. The summed E-state index contributed by atoms with van der Waals surface area (Å²) in [5.74, 6) is 0. The van der Waals surface area contributed by atoms with Gasteiger partial charge in [0.25, 0.3) is 0 Å². The number of rotatable bonds is 3. The topological polar surface area (TPSA) is 18.5 Å². The van der Waals surface area contributed by atoms with E-state index < -0.39 is 0 Å². The van der Waals surface area contributed by atoms with Crippen molar-refractivity contribution >= 4 is 28.5 Å². The van der Waals surface area contributed by atoms with Crippen LogP contribution in [0.1, 0.15) is 33.3 Å². The molecule has 0 radical (unpaired) electrons. The Balaban J connectivity index is 1.96. The molecule has 4 heteroatoms. The zero-order valence-corrected chi connectivity index (χ0v) is 15.7. The van der Waals surface area contributed by atoms with E-state index in [1.807, 2.05) is 6.07 Å². The summed E-state index contributed by atoms with van der Waals surface area (Å²) < 4.78 is 12.4. The van der Waals surface area contributed by atoms with Crippen molar-refractivity contribution in [3.8, 4) is 11.1 Å². The lowest BCUT2D eigenvalue weighted by atomic mass is 9.75. The highest BCUT2D eigenvalue weighted by Crippen LogP contribution is 2.37. The number of hydrogen-bond donors (Lipinski definition) is 0. The molecule has 1 heterocycles. The molecule has 23 heavy (non-hydrogen) atoms. The molecule has 0 aliphatic carbocycles. The van der Waals surface area contributed by atoms with E-state index in [1.54, 1.807) is 0 Å². The smallest absolute Gasteiger partial charge is 0.399 e. The van der Waals surface area contributed by atoms with Crippen LogP contribution in [0.3, 0.4) is 0 Å². The second kappa shape index (κ2) is 6.08. The molecule has 2 nitrogen and oxygen atoms in total. The van der Waals surface area contributed by atoms with Gasteiger partial charge < -0.3 is 9.31 Å². The molecule has 0 atom stereocenters. The van der Waals surface area contributed by atoms with Crippen LogP contribution in [0, 0.1) is 0 Å². The van der Waals surface area contributed by atoms with Crippen molar-refractivity contribution in [3.05, 3.63) is 54.1 Å². The van der Waals surface area contributed by atoms with E-state index in [4.69, 9.17) is 9.31 Å². The Morgan fingerprint density at radius 3 is 2.04 bits per heavy atom. The molecule has 0 aromatic heterocycles. The lowest BCUT2D eigenvalue weighted by Gasteiger charge is -2.32. The van der Waals surface area contributed by atoms with Crippen molar-refractivity contribution in [2.24, 2.45) is 0 Å². The van der Waals surface area contributed by atoms with Gasteiger partial charge >= 0.3 is 7.12 Å². The highest BCUT2D eigenvalue weighted by Gasteiger charge is 2.52. The standard InChI is InChI=1S/C19H22BBrO2/c1-18(2)19(3,4)23-20(22-18)17-11-10-15(12-16(17)13-21)14-8-6-5-7-9-14/h5-12H,13H2,1-4H3. The lowest BCUT2D eigenvalue weighted by molar-refractivity contribution is 0.00578. The lowest BCUT2D eigenvalue weighted by Crippen LogP contribution is -2.41. The van der Waals surface area contributed by atoms with Gasteiger partial charge in [-0.25, -0.2) is 0 Å². The molecule has 0 bridgehead atoms. The van der Waals surface area contributed by atoms with Gasteiger partial charge in [-0.05, 0) is 49.8 Å². The summed E-state index contributed by atoms with van der Waals surface area (Å²) in [4.78, 5) is 0. The van der Waals surface area contributed by atoms with Crippen LogP contribution < -0.4 is 5.46 Å². The van der Waals surface area contributed by atoms with E-state index in [-0.39, 0.29) is 18.3 Å². The zero-order chi connectivity index (χ0) is 16.7.